The Kier molecular flexibility index (Phi) is 7.13. The first-order valence-corrected chi connectivity index (χ1v) is 17.1. The van der Waals surface area contributed by atoms with Gasteiger partial charge in [0.15, 0.2) is 12.4 Å². The number of hydrogen-bond acceptors (Lipinski definition) is 9. The number of carbonyl (C=O) groups is 5. The van der Waals surface area contributed by atoms with Crippen LogP contribution in [0, 0.1) is 34.0 Å². The van der Waals surface area contributed by atoms with E-state index in [4.69, 9.17) is 14.2 Å². The number of ether oxygens (including phenoxy) is 3. The smallest absolute Gasteiger partial charge is 0.344 e. The largest absolute Gasteiger partial charge is 0.465 e. The molecule has 234 valence electrons. The Morgan fingerprint density at radius 3 is 2.72 bits per heavy atom. The summed E-state index contributed by atoms with van der Waals surface area (Å²) in [5.74, 6) is -0.684. The predicted octanol–water partition coefficient (Wildman–Crippen LogP) is 3.46. The van der Waals surface area contributed by atoms with Gasteiger partial charge in [-0.05, 0) is 74.7 Å². The van der Waals surface area contributed by atoms with Gasteiger partial charge in [0, 0.05) is 22.8 Å². The molecule has 0 radical (unpaired) electrons. The van der Waals surface area contributed by atoms with Gasteiger partial charge in [-0.2, -0.15) is 11.8 Å². The second-order valence-electron chi connectivity index (χ2n) is 14.3. The first kappa shape index (κ1) is 29.2. The summed E-state index contributed by atoms with van der Waals surface area (Å²) in [6.07, 6.45) is 6.90. The molecule has 10 nitrogen and oxygen atoms in total. The Morgan fingerprint density at radius 2 is 1.88 bits per heavy atom. The lowest BCUT2D eigenvalue weighted by atomic mass is 9.35. The highest BCUT2D eigenvalue weighted by molar-refractivity contribution is 8.00. The number of amides is 2. The van der Waals surface area contributed by atoms with Crippen molar-refractivity contribution in [1.82, 2.24) is 10.6 Å². The Balaban J connectivity index is 0.982. The molecule has 5 saturated carbocycles. The van der Waals surface area contributed by atoms with Crippen LogP contribution in [0.25, 0.3) is 0 Å². The Labute approximate surface area is 256 Å². The van der Waals surface area contributed by atoms with Crippen molar-refractivity contribution in [3.8, 4) is 0 Å². The molecule has 8 rings (SSSR count). The molecule has 8 fully saturated rings. The van der Waals surface area contributed by atoms with Crippen molar-refractivity contribution >= 4 is 41.5 Å². The molecule has 3 saturated heterocycles. The quantitative estimate of drug-likeness (QED) is 0.138. The van der Waals surface area contributed by atoms with Crippen molar-refractivity contribution in [2.24, 2.45) is 34.0 Å². The highest BCUT2D eigenvalue weighted by Crippen LogP contribution is 2.73. The molecule has 0 aromatic carbocycles. The molecule has 43 heavy (non-hydrogen) atoms. The number of thioether (sulfide) groups is 1. The first-order valence-electron chi connectivity index (χ1n) is 16.0. The minimum absolute atomic E-state index is 0.0342. The molecular weight excluding hydrogens is 572 g/mol. The van der Waals surface area contributed by atoms with Gasteiger partial charge in [-0.3, -0.25) is 14.4 Å². The number of allylic oxidation sites excluding steroid dienone is 1. The fourth-order valence-corrected chi connectivity index (χ4v) is 11.8. The van der Waals surface area contributed by atoms with Gasteiger partial charge in [0.1, 0.15) is 6.10 Å². The summed E-state index contributed by atoms with van der Waals surface area (Å²) in [6.45, 7) is 6.16. The summed E-state index contributed by atoms with van der Waals surface area (Å²) in [5, 5.41) is 6.24. The fourth-order valence-electron chi connectivity index (χ4n) is 10.3. The van der Waals surface area contributed by atoms with Crippen LogP contribution >= 0.6 is 11.8 Å². The van der Waals surface area contributed by atoms with E-state index in [9.17, 15) is 24.0 Å². The zero-order valence-corrected chi connectivity index (χ0v) is 25.6. The predicted molar refractivity (Wildman–Crippen MR) is 156 cm³/mol. The third kappa shape index (κ3) is 4.37. The molecule has 0 aromatic rings. The van der Waals surface area contributed by atoms with Gasteiger partial charge in [-0.1, -0.05) is 26.3 Å². The molecule has 0 aromatic heterocycles. The van der Waals surface area contributed by atoms with Crippen molar-refractivity contribution in [2.45, 2.75) is 101 Å². The number of fused-ring (bicyclic) bond motifs is 3. The summed E-state index contributed by atoms with van der Waals surface area (Å²) >= 11 is 1.84. The summed E-state index contributed by atoms with van der Waals surface area (Å²) in [4.78, 5) is 64.8. The molecule has 3 aliphatic heterocycles. The number of unbranched alkanes of at least 4 members (excludes halogenated alkanes) is 1. The number of carbonyl (C=O) groups excluding carboxylic acids is 5. The number of hydrogen-bond donors (Lipinski definition) is 2. The van der Waals surface area contributed by atoms with Gasteiger partial charge in [0.2, 0.25) is 0 Å². The van der Waals surface area contributed by atoms with Crippen LogP contribution in [-0.2, 0) is 33.4 Å². The minimum atomic E-state index is -0.984. The van der Waals surface area contributed by atoms with Crippen molar-refractivity contribution in [1.29, 1.82) is 0 Å². The number of rotatable bonds is 8. The van der Waals surface area contributed by atoms with E-state index in [1.54, 1.807) is 0 Å². The van der Waals surface area contributed by atoms with Crippen molar-refractivity contribution < 1.29 is 38.2 Å². The lowest BCUT2D eigenvalue weighted by molar-refractivity contribution is -0.258. The lowest BCUT2D eigenvalue weighted by Gasteiger charge is -2.69. The molecule has 11 heteroatoms. The van der Waals surface area contributed by atoms with E-state index < -0.39 is 35.5 Å². The van der Waals surface area contributed by atoms with E-state index in [1.807, 2.05) is 11.8 Å². The third-order valence-corrected chi connectivity index (χ3v) is 13.8. The van der Waals surface area contributed by atoms with E-state index >= 15 is 0 Å². The normalized spacial score (nSPS) is 44.0. The number of Topliss-reactive ketones (excluding diaryl/α,β-unsaturated/α-hetero) is 1. The van der Waals surface area contributed by atoms with Gasteiger partial charge >= 0.3 is 23.9 Å². The van der Waals surface area contributed by atoms with Crippen LogP contribution < -0.4 is 10.6 Å². The highest BCUT2D eigenvalue weighted by atomic mass is 32.2. The van der Waals surface area contributed by atoms with Crippen LogP contribution in [0.4, 0.5) is 4.79 Å². The van der Waals surface area contributed by atoms with E-state index in [-0.39, 0.29) is 59.5 Å². The maximum atomic E-state index is 14.0. The summed E-state index contributed by atoms with van der Waals surface area (Å²) in [5.41, 5.74) is -1.35. The van der Waals surface area contributed by atoms with E-state index in [0.717, 1.165) is 37.9 Å². The Bertz CT molecular complexity index is 1270. The summed E-state index contributed by atoms with van der Waals surface area (Å²) in [6, 6.07) is 0.203. The van der Waals surface area contributed by atoms with E-state index in [2.05, 4.69) is 24.1 Å². The Morgan fingerprint density at radius 1 is 1.05 bits per heavy atom. The highest BCUT2D eigenvalue weighted by Gasteiger charge is 2.76. The third-order valence-electron chi connectivity index (χ3n) is 12.3. The number of nitrogens with one attached hydrogen (secondary N) is 2. The minimum Gasteiger partial charge on any atom is -0.465 e. The number of ketones is 1. The van der Waals surface area contributed by atoms with Crippen LogP contribution in [0.1, 0.15) is 77.6 Å². The molecule has 10 atom stereocenters. The van der Waals surface area contributed by atoms with Crippen LogP contribution in [0.5, 0.6) is 0 Å². The molecule has 8 aliphatic rings. The maximum Gasteiger partial charge on any atom is 0.344 e. The number of urea groups is 1. The summed E-state index contributed by atoms with van der Waals surface area (Å²) in [7, 11) is 0. The topological polar surface area (TPSA) is 137 Å². The monoisotopic (exact) mass is 614 g/mol. The molecule has 5 aliphatic carbocycles. The van der Waals surface area contributed by atoms with Crippen LogP contribution in [-0.4, -0.2) is 72.1 Å². The molecule has 3 heterocycles. The first-order chi connectivity index (χ1) is 20.6. The SMILES string of the molecule is C=C1C(=O)C23CC[C@H]1CC2[C@@]12CCC[C@@](C)(COC1=O)C2C[C@H]3OC(=O)COC(=O)CCCCC1SC[C@H]2NC(=O)N[C@@H]12. The standard InChI is InChI=1S/C32H42N2O8S/c1-17-18-8-11-32(27(17)37)22(12-18)31-10-5-9-30(2,16-41-28(31)38)21(31)13-23(32)42-25(36)14-40-24(35)7-4-3-6-20-26-19(15-43-20)33-29(39)34-26/h18-23,26H,1,3-16H2,2H3,(H2,33,34,39)/t18-,19+,20?,21?,22?,23+,26+,30-,31-,32?/m0/s1. The van der Waals surface area contributed by atoms with Gasteiger partial charge in [-0.15, -0.1) is 0 Å². The van der Waals surface area contributed by atoms with Crippen molar-refractivity contribution in [3.05, 3.63) is 12.2 Å². The van der Waals surface area contributed by atoms with Crippen LogP contribution in [0.3, 0.4) is 0 Å². The van der Waals surface area contributed by atoms with Gasteiger partial charge in [-0.25, -0.2) is 9.59 Å². The molecule has 2 amide bonds. The molecule has 2 N–H and O–H groups in total. The second-order valence-corrected chi connectivity index (χ2v) is 15.6. The van der Waals surface area contributed by atoms with Gasteiger partial charge < -0.3 is 24.8 Å². The lowest BCUT2D eigenvalue weighted by Crippen LogP contribution is -2.73. The van der Waals surface area contributed by atoms with Gasteiger partial charge in [0.25, 0.3) is 0 Å². The van der Waals surface area contributed by atoms with E-state index in [1.165, 1.54) is 0 Å². The second kappa shape index (κ2) is 10.5. The Hall–Kier alpha value is -2.56. The molecule has 1 spiro atoms. The van der Waals surface area contributed by atoms with Crippen LogP contribution in [0.2, 0.25) is 0 Å². The van der Waals surface area contributed by atoms with Crippen molar-refractivity contribution in [2.75, 3.05) is 19.0 Å². The average Bonchev–Trinajstić information content (AvgIpc) is 3.54. The van der Waals surface area contributed by atoms with Crippen LogP contribution in [0.15, 0.2) is 12.2 Å². The zero-order chi connectivity index (χ0) is 30.1. The molecular formula is C32H42N2O8S. The molecule has 4 bridgehead atoms. The van der Waals surface area contributed by atoms with Gasteiger partial charge in [0.05, 0.1) is 29.5 Å². The zero-order valence-electron chi connectivity index (χ0n) is 24.8. The van der Waals surface area contributed by atoms with E-state index in [0.29, 0.717) is 49.5 Å². The number of cyclic esters (lactones) is 1. The summed E-state index contributed by atoms with van der Waals surface area (Å²) < 4.78 is 17.3. The number of esters is 3. The molecule has 4 unspecified atom stereocenters. The fraction of sp³-hybridized carbons (Fsp3) is 0.781. The van der Waals surface area contributed by atoms with Crippen molar-refractivity contribution in [3.63, 3.8) is 0 Å². The average molecular weight is 615 g/mol. The maximum absolute atomic E-state index is 14.0.